The minimum atomic E-state index is 0.529. The van der Waals surface area contributed by atoms with Crippen LogP contribution in [0.5, 0.6) is 0 Å². The summed E-state index contributed by atoms with van der Waals surface area (Å²) < 4.78 is 0. The molecule has 1 heterocycles. The molecule has 1 N–H and O–H groups in total. The summed E-state index contributed by atoms with van der Waals surface area (Å²) in [5.74, 6) is 0. The molecule has 0 unspecified atom stereocenters. The summed E-state index contributed by atoms with van der Waals surface area (Å²) in [5.41, 5.74) is 7.12. The van der Waals surface area contributed by atoms with Crippen molar-refractivity contribution in [2.24, 2.45) is 0 Å². The number of aryl methyl sites for hydroxylation is 3. The number of rotatable bonds is 4. The smallest absolute Gasteiger partial charge is 0.136 e. The lowest BCUT2D eigenvalue weighted by molar-refractivity contribution is 1.32. The zero-order valence-corrected chi connectivity index (χ0v) is 15.3. The Kier molecular flexibility index (Phi) is 4.97. The van der Waals surface area contributed by atoms with Crippen molar-refractivity contribution < 1.29 is 0 Å². The molecule has 0 atom stereocenters. The monoisotopic (exact) mass is 345 g/mol. The summed E-state index contributed by atoms with van der Waals surface area (Å²) >= 11 is 1.49. The number of thiazole rings is 1. The zero-order chi connectivity index (χ0) is 17.8. The molecule has 0 amide bonds. The summed E-state index contributed by atoms with van der Waals surface area (Å²) in [6.45, 7) is 6.21. The van der Waals surface area contributed by atoms with E-state index in [0.717, 1.165) is 22.0 Å². The van der Waals surface area contributed by atoms with E-state index in [1.165, 1.54) is 28.0 Å². The van der Waals surface area contributed by atoms with Gasteiger partial charge in [0.1, 0.15) is 16.6 Å². The van der Waals surface area contributed by atoms with Gasteiger partial charge in [0, 0.05) is 22.8 Å². The van der Waals surface area contributed by atoms with Crippen molar-refractivity contribution in [1.29, 1.82) is 5.26 Å². The molecule has 0 radical (unpaired) electrons. The fourth-order valence-electron chi connectivity index (χ4n) is 2.57. The van der Waals surface area contributed by atoms with Gasteiger partial charge in [-0.15, -0.1) is 11.3 Å². The molecule has 0 aliphatic heterocycles. The molecule has 3 nitrogen and oxygen atoms in total. The molecule has 0 fully saturated rings. The third kappa shape index (κ3) is 3.96. The van der Waals surface area contributed by atoms with Crippen molar-refractivity contribution in [3.63, 3.8) is 0 Å². The lowest BCUT2D eigenvalue weighted by atomic mass is 10.0. The Morgan fingerprint density at radius 1 is 1.08 bits per heavy atom. The van der Waals surface area contributed by atoms with Gasteiger partial charge in [0.05, 0.1) is 5.69 Å². The van der Waals surface area contributed by atoms with Crippen LogP contribution in [0.25, 0.3) is 16.8 Å². The van der Waals surface area contributed by atoms with Gasteiger partial charge >= 0.3 is 0 Å². The normalized spacial score (nSPS) is 11.2. The van der Waals surface area contributed by atoms with E-state index in [1.54, 1.807) is 6.20 Å². The quantitative estimate of drug-likeness (QED) is 0.616. The van der Waals surface area contributed by atoms with E-state index in [0.29, 0.717) is 5.57 Å². The molecule has 3 aromatic rings. The largest absolute Gasteiger partial charge is 0.360 e. The van der Waals surface area contributed by atoms with Crippen molar-refractivity contribution in [3.8, 4) is 17.3 Å². The number of nitriles is 1. The van der Waals surface area contributed by atoms with Crippen molar-refractivity contribution in [3.05, 3.63) is 75.7 Å². The Morgan fingerprint density at radius 2 is 1.80 bits per heavy atom. The van der Waals surface area contributed by atoms with E-state index in [1.807, 2.05) is 36.6 Å². The van der Waals surface area contributed by atoms with Crippen molar-refractivity contribution >= 4 is 22.6 Å². The zero-order valence-electron chi connectivity index (χ0n) is 14.5. The second kappa shape index (κ2) is 7.33. The summed E-state index contributed by atoms with van der Waals surface area (Å²) in [4.78, 5) is 4.66. The highest BCUT2D eigenvalue weighted by Crippen LogP contribution is 2.28. The SMILES string of the molecule is Cc1ccc(N/C=C(/C#N)c2nc(-c3ccc(C)cc3C)cs2)cc1. The summed E-state index contributed by atoms with van der Waals surface area (Å²) in [6.07, 6.45) is 1.72. The standard InChI is InChI=1S/C21H19N3S/c1-14-4-7-18(8-5-14)23-12-17(11-22)21-24-20(13-25-21)19-9-6-15(2)10-16(19)3/h4-10,12-13,23H,1-3H3/b17-12-. The molecule has 1 aromatic heterocycles. The minimum absolute atomic E-state index is 0.529. The highest BCUT2D eigenvalue weighted by Gasteiger charge is 2.10. The molecule has 0 saturated heterocycles. The highest BCUT2D eigenvalue weighted by molar-refractivity contribution is 7.11. The average molecular weight is 345 g/mol. The molecule has 25 heavy (non-hydrogen) atoms. The van der Waals surface area contributed by atoms with E-state index in [-0.39, 0.29) is 0 Å². The maximum Gasteiger partial charge on any atom is 0.136 e. The van der Waals surface area contributed by atoms with Crippen LogP contribution in [0.15, 0.2) is 54.0 Å². The maximum atomic E-state index is 9.48. The number of nitrogens with one attached hydrogen (secondary N) is 1. The van der Waals surface area contributed by atoms with Gasteiger partial charge in [-0.25, -0.2) is 4.98 Å². The third-order valence-electron chi connectivity index (χ3n) is 3.95. The number of anilines is 1. The third-order valence-corrected chi connectivity index (χ3v) is 4.82. The lowest BCUT2D eigenvalue weighted by Gasteiger charge is -2.03. The number of nitrogens with zero attached hydrogens (tertiary/aromatic N) is 2. The van der Waals surface area contributed by atoms with Crippen LogP contribution in [-0.4, -0.2) is 4.98 Å². The van der Waals surface area contributed by atoms with Gasteiger partial charge in [-0.05, 0) is 38.5 Å². The van der Waals surface area contributed by atoms with Crippen LogP contribution < -0.4 is 5.32 Å². The highest BCUT2D eigenvalue weighted by atomic mass is 32.1. The van der Waals surface area contributed by atoms with Gasteiger partial charge in [-0.1, -0.05) is 41.5 Å². The van der Waals surface area contributed by atoms with Crippen LogP contribution in [0.2, 0.25) is 0 Å². The van der Waals surface area contributed by atoms with Gasteiger partial charge in [-0.3, -0.25) is 0 Å². The van der Waals surface area contributed by atoms with E-state index < -0.39 is 0 Å². The molecular formula is C21H19N3S. The molecule has 0 aliphatic carbocycles. The number of allylic oxidation sites excluding steroid dienone is 1. The first-order chi connectivity index (χ1) is 12.1. The Morgan fingerprint density at radius 3 is 2.48 bits per heavy atom. The summed E-state index contributed by atoms with van der Waals surface area (Å²) in [7, 11) is 0. The second-order valence-electron chi connectivity index (χ2n) is 6.04. The summed E-state index contributed by atoms with van der Waals surface area (Å²) in [5, 5.41) is 15.4. The van der Waals surface area contributed by atoms with Gasteiger partial charge < -0.3 is 5.32 Å². The molecule has 0 aliphatic rings. The van der Waals surface area contributed by atoms with E-state index in [9.17, 15) is 5.26 Å². The van der Waals surface area contributed by atoms with Crippen molar-refractivity contribution in [2.45, 2.75) is 20.8 Å². The Bertz CT molecular complexity index is 960. The fraction of sp³-hybridized carbons (Fsp3) is 0.143. The van der Waals surface area contributed by atoms with Gasteiger partial charge in [-0.2, -0.15) is 5.26 Å². The fourth-order valence-corrected chi connectivity index (χ4v) is 3.35. The van der Waals surface area contributed by atoms with Gasteiger partial charge in [0.15, 0.2) is 0 Å². The number of hydrogen-bond acceptors (Lipinski definition) is 4. The lowest BCUT2D eigenvalue weighted by Crippen LogP contribution is -1.91. The van der Waals surface area contributed by atoms with Gasteiger partial charge in [0.25, 0.3) is 0 Å². The van der Waals surface area contributed by atoms with Crippen LogP contribution in [-0.2, 0) is 0 Å². The predicted octanol–water partition coefficient (Wildman–Crippen LogP) is 5.71. The van der Waals surface area contributed by atoms with Crippen LogP contribution in [0, 0.1) is 32.1 Å². The molecule has 3 rings (SSSR count). The first-order valence-electron chi connectivity index (χ1n) is 8.04. The molecule has 0 spiro atoms. The molecule has 0 saturated carbocycles. The second-order valence-corrected chi connectivity index (χ2v) is 6.89. The number of aromatic nitrogens is 1. The van der Waals surface area contributed by atoms with Crippen molar-refractivity contribution in [2.75, 3.05) is 5.32 Å². The first kappa shape index (κ1) is 16.9. The Labute approximate surface area is 152 Å². The number of benzene rings is 2. The Balaban J connectivity index is 1.85. The molecule has 4 heteroatoms. The molecule has 0 bridgehead atoms. The Hall–Kier alpha value is -2.90. The maximum absolute atomic E-state index is 9.48. The van der Waals surface area contributed by atoms with Crippen molar-refractivity contribution in [1.82, 2.24) is 4.98 Å². The molecular weight excluding hydrogens is 326 g/mol. The minimum Gasteiger partial charge on any atom is -0.360 e. The van der Waals surface area contributed by atoms with Crippen LogP contribution in [0.1, 0.15) is 21.7 Å². The molecule has 124 valence electrons. The van der Waals surface area contributed by atoms with E-state index in [4.69, 9.17) is 0 Å². The van der Waals surface area contributed by atoms with Crippen LogP contribution >= 0.6 is 11.3 Å². The average Bonchev–Trinajstić information content (AvgIpc) is 3.06. The molecule has 2 aromatic carbocycles. The van der Waals surface area contributed by atoms with Crippen LogP contribution in [0.3, 0.4) is 0 Å². The van der Waals surface area contributed by atoms with Crippen LogP contribution in [0.4, 0.5) is 5.69 Å². The summed E-state index contributed by atoms with van der Waals surface area (Å²) in [6, 6.07) is 16.6. The topological polar surface area (TPSA) is 48.7 Å². The van der Waals surface area contributed by atoms with E-state index >= 15 is 0 Å². The first-order valence-corrected chi connectivity index (χ1v) is 8.92. The number of hydrogen-bond donors (Lipinski definition) is 1. The van der Waals surface area contributed by atoms with E-state index in [2.05, 4.69) is 48.4 Å². The predicted molar refractivity (Wildman–Crippen MR) is 105 cm³/mol. The van der Waals surface area contributed by atoms with Gasteiger partial charge in [0.2, 0.25) is 0 Å².